The molecule has 6 heteroatoms. The Hall–Kier alpha value is -2.11. The molecule has 0 fully saturated rings. The van der Waals surface area contributed by atoms with E-state index in [0.29, 0.717) is 12.3 Å². The molecule has 1 heterocycles. The Morgan fingerprint density at radius 1 is 1.00 bits per heavy atom. The molecule has 5 nitrogen and oxygen atoms in total. The summed E-state index contributed by atoms with van der Waals surface area (Å²) in [6.45, 7) is 7.84. The van der Waals surface area contributed by atoms with E-state index in [-0.39, 0.29) is 37.7 Å². The van der Waals surface area contributed by atoms with E-state index in [0.717, 1.165) is 11.3 Å². The Bertz CT molecular complexity index is 1010. The number of fused-ring (bicyclic) bond motifs is 3. The van der Waals surface area contributed by atoms with Gasteiger partial charge < -0.3 is 14.9 Å². The van der Waals surface area contributed by atoms with Crippen molar-refractivity contribution in [1.82, 2.24) is 9.97 Å². The van der Waals surface area contributed by atoms with Crippen molar-refractivity contribution in [1.29, 1.82) is 0 Å². The van der Waals surface area contributed by atoms with Crippen LogP contribution in [0, 0.1) is 6.07 Å². The van der Waals surface area contributed by atoms with Gasteiger partial charge in [-0.05, 0) is 31.2 Å². The first-order chi connectivity index (χ1) is 14.3. The number of hydrogen-bond donors (Lipinski definition) is 2. The molecule has 0 spiro atoms. The van der Waals surface area contributed by atoms with Crippen molar-refractivity contribution in [3.63, 3.8) is 0 Å². The Labute approximate surface area is 197 Å². The number of methoxy groups -OCH3 is 1. The van der Waals surface area contributed by atoms with Crippen LogP contribution in [0.1, 0.15) is 45.2 Å². The minimum Gasteiger partial charge on any atom is -0.486 e. The van der Waals surface area contributed by atoms with Gasteiger partial charge in [0.05, 0.1) is 19.3 Å². The van der Waals surface area contributed by atoms with Crippen LogP contribution in [0.15, 0.2) is 48.8 Å². The third-order valence-corrected chi connectivity index (χ3v) is 5.31. The Morgan fingerprint density at radius 3 is 2.26 bits per heavy atom. The molecule has 0 saturated carbocycles. The third-order valence-electron chi connectivity index (χ3n) is 5.31. The van der Waals surface area contributed by atoms with Crippen LogP contribution in [0.4, 0.5) is 0 Å². The summed E-state index contributed by atoms with van der Waals surface area (Å²) < 4.78 is 5.34. The van der Waals surface area contributed by atoms with E-state index in [1.54, 1.807) is 33.4 Å². The fourth-order valence-electron chi connectivity index (χ4n) is 3.93. The quantitative estimate of drug-likeness (QED) is 0.437. The Kier molecular flexibility index (Phi) is 8.49. The summed E-state index contributed by atoms with van der Waals surface area (Å²) in [5.41, 5.74) is 6.79. The average Bonchev–Trinajstić information content (AvgIpc) is 2.95. The first kappa shape index (κ1) is 25.2. The van der Waals surface area contributed by atoms with Crippen molar-refractivity contribution in [2.24, 2.45) is 0 Å². The van der Waals surface area contributed by atoms with Gasteiger partial charge >= 0.3 is 0 Å². The zero-order chi connectivity index (χ0) is 21.9. The monoisotopic (exact) mass is 598 g/mol. The third kappa shape index (κ3) is 5.39. The smallest absolute Gasteiger partial charge is 0.194 e. The van der Waals surface area contributed by atoms with Crippen LogP contribution in [0.25, 0.3) is 22.4 Å². The van der Waals surface area contributed by atoms with E-state index in [2.05, 4.69) is 66.3 Å². The molecule has 1 aromatic heterocycles. The average molecular weight is 598 g/mol. The summed E-state index contributed by atoms with van der Waals surface area (Å²) in [7, 11) is 1.61. The van der Waals surface area contributed by atoms with Gasteiger partial charge in [0.15, 0.2) is 5.88 Å². The standard InChI is InChI=1S/C20H17N2O.C5H12O2.Ir/c1-20(2)16-7-5-4-6-14(16)15-9-8-13(12-17(15)20)18-19(23-3)22-11-10-21-18;1-4(6)3-5(2)7;/h4-7,9-12H,1-3H3;4-7H,3H2,1-2H3;/q-1;;. The summed E-state index contributed by atoms with van der Waals surface area (Å²) in [5, 5.41) is 17.1. The van der Waals surface area contributed by atoms with Crippen molar-refractivity contribution >= 4 is 0 Å². The van der Waals surface area contributed by atoms with Crippen LogP contribution in [-0.2, 0) is 25.5 Å². The first-order valence-electron chi connectivity index (χ1n) is 10.1. The maximum atomic E-state index is 8.56. The van der Waals surface area contributed by atoms with Crippen LogP contribution in [-0.4, -0.2) is 39.5 Å². The minimum absolute atomic E-state index is 0. The van der Waals surface area contributed by atoms with Gasteiger partial charge in [-0.15, -0.1) is 29.3 Å². The molecule has 0 saturated heterocycles. The van der Waals surface area contributed by atoms with Crippen LogP contribution in [0.3, 0.4) is 0 Å². The molecule has 2 atom stereocenters. The summed E-state index contributed by atoms with van der Waals surface area (Å²) in [5.74, 6) is 0.525. The van der Waals surface area contributed by atoms with Crippen LogP contribution < -0.4 is 4.74 Å². The van der Waals surface area contributed by atoms with Crippen molar-refractivity contribution in [2.45, 2.75) is 51.7 Å². The number of rotatable bonds is 4. The molecule has 1 aliphatic carbocycles. The summed E-state index contributed by atoms with van der Waals surface area (Å²) >= 11 is 0. The number of aromatic nitrogens is 2. The molecule has 4 rings (SSSR count). The first-order valence-corrected chi connectivity index (χ1v) is 10.1. The Balaban J connectivity index is 0.000000373. The number of aliphatic hydroxyl groups is 2. The molecule has 167 valence electrons. The van der Waals surface area contributed by atoms with Crippen molar-refractivity contribution in [3.8, 4) is 28.3 Å². The molecule has 1 aliphatic rings. The molecule has 3 aromatic rings. The van der Waals surface area contributed by atoms with Crippen LogP contribution >= 0.6 is 0 Å². The fourth-order valence-corrected chi connectivity index (χ4v) is 3.93. The van der Waals surface area contributed by atoms with Gasteiger partial charge in [0.2, 0.25) is 0 Å². The van der Waals surface area contributed by atoms with Gasteiger partial charge in [-0.1, -0.05) is 49.2 Å². The molecule has 1 radical (unpaired) electrons. The van der Waals surface area contributed by atoms with Crippen LogP contribution in [0.2, 0.25) is 0 Å². The van der Waals surface area contributed by atoms with Crippen molar-refractivity contribution in [3.05, 3.63) is 66.0 Å². The number of aliphatic hydroxyl groups excluding tert-OH is 2. The number of ether oxygens (including phenoxy) is 1. The number of hydrogen-bond acceptors (Lipinski definition) is 5. The predicted molar refractivity (Wildman–Crippen MR) is 118 cm³/mol. The Morgan fingerprint density at radius 2 is 1.65 bits per heavy atom. The zero-order valence-corrected chi connectivity index (χ0v) is 20.9. The topological polar surface area (TPSA) is 75.5 Å². The van der Waals surface area contributed by atoms with E-state index < -0.39 is 0 Å². The van der Waals surface area contributed by atoms with Gasteiger partial charge in [-0.25, -0.2) is 4.98 Å². The van der Waals surface area contributed by atoms with Crippen molar-refractivity contribution in [2.75, 3.05) is 7.11 Å². The molecule has 0 aliphatic heterocycles. The van der Waals surface area contributed by atoms with Crippen LogP contribution in [0.5, 0.6) is 5.88 Å². The van der Waals surface area contributed by atoms with E-state index in [1.165, 1.54) is 22.3 Å². The maximum Gasteiger partial charge on any atom is 0.194 e. The van der Waals surface area contributed by atoms with E-state index in [4.69, 9.17) is 14.9 Å². The number of nitrogens with zero attached hydrogens (tertiary/aromatic N) is 2. The number of benzene rings is 2. The van der Waals surface area contributed by atoms with E-state index in [1.807, 2.05) is 0 Å². The van der Waals surface area contributed by atoms with E-state index >= 15 is 0 Å². The molecule has 2 unspecified atom stereocenters. The summed E-state index contributed by atoms with van der Waals surface area (Å²) in [6.07, 6.45) is 3.04. The SMILES string of the molecule is CC(O)CC(C)O.COc1nccnc1-c1[c-]cc2c(c1)C(C)(C)c1ccccc1-2.[Ir]. The fraction of sp³-hybridized carbons (Fsp3) is 0.360. The molecule has 31 heavy (non-hydrogen) atoms. The van der Waals surface area contributed by atoms with Crippen molar-refractivity contribution < 1.29 is 35.1 Å². The molecule has 2 aromatic carbocycles. The molecule has 2 N–H and O–H groups in total. The summed E-state index contributed by atoms with van der Waals surface area (Å²) in [6, 6.07) is 16.2. The van der Waals surface area contributed by atoms with E-state index in [9.17, 15) is 0 Å². The molecule has 0 amide bonds. The van der Waals surface area contributed by atoms with Gasteiger partial charge in [0, 0.05) is 38.2 Å². The molecule has 0 bridgehead atoms. The van der Waals surface area contributed by atoms with Gasteiger partial charge in [0.1, 0.15) is 0 Å². The second kappa shape index (κ2) is 10.5. The second-order valence-electron chi connectivity index (χ2n) is 8.19. The zero-order valence-electron chi connectivity index (χ0n) is 18.5. The van der Waals surface area contributed by atoms with Gasteiger partial charge in [-0.2, -0.15) is 0 Å². The normalized spacial score (nSPS) is 14.8. The predicted octanol–water partition coefficient (Wildman–Crippen LogP) is 4.39. The molecular weight excluding hydrogens is 569 g/mol. The molecular formula is C25H29IrN2O3-. The van der Waals surface area contributed by atoms with Gasteiger partial charge in [0.25, 0.3) is 0 Å². The maximum absolute atomic E-state index is 8.56. The second-order valence-corrected chi connectivity index (χ2v) is 8.19. The minimum atomic E-state index is -0.375. The summed E-state index contributed by atoms with van der Waals surface area (Å²) in [4.78, 5) is 8.66. The largest absolute Gasteiger partial charge is 0.486 e. The van der Waals surface area contributed by atoms with Gasteiger partial charge in [-0.3, -0.25) is 4.98 Å².